The van der Waals surface area contributed by atoms with Crippen molar-refractivity contribution in [2.45, 2.75) is 58.2 Å². The Kier molecular flexibility index (Phi) is 5.49. The minimum absolute atomic E-state index is 0.166. The maximum Gasteiger partial charge on any atom is 0.336 e. The Morgan fingerprint density at radius 3 is 2.68 bits per heavy atom. The van der Waals surface area contributed by atoms with Crippen LogP contribution in [0.4, 0.5) is 0 Å². The van der Waals surface area contributed by atoms with Gasteiger partial charge >= 0.3 is 5.97 Å². The molecule has 2 aromatic rings. The van der Waals surface area contributed by atoms with Crippen molar-refractivity contribution in [1.29, 1.82) is 0 Å². The van der Waals surface area contributed by atoms with Crippen LogP contribution in [0, 0.1) is 13.8 Å². The molecule has 1 saturated heterocycles. The van der Waals surface area contributed by atoms with E-state index >= 15 is 0 Å². The second-order valence-corrected chi connectivity index (χ2v) is 6.86. The van der Waals surface area contributed by atoms with Crippen LogP contribution in [0.3, 0.4) is 0 Å². The van der Waals surface area contributed by atoms with E-state index in [1.807, 2.05) is 6.92 Å². The van der Waals surface area contributed by atoms with Crippen molar-refractivity contribution in [3.63, 3.8) is 0 Å². The van der Waals surface area contributed by atoms with E-state index in [2.05, 4.69) is 36.2 Å². The van der Waals surface area contributed by atoms with Gasteiger partial charge in [0.25, 0.3) is 0 Å². The molecule has 0 radical (unpaired) electrons. The lowest BCUT2D eigenvalue weighted by Gasteiger charge is -2.30. The Hall–Kier alpha value is -2.20. The normalized spacial score (nSPS) is 20.4. The molecule has 1 aromatic heterocycles. The van der Waals surface area contributed by atoms with Gasteiger partial charge in [-0.25, -0.2) is 4.79 Å². The van der Waals surface area contributed by atoms with Gasteiger partial charge in [-0.3, -0.25) is 4.98 Å². The average molecular weight is 339 g/mol. The smallest absolute Gasteiger partial charge is 0.336 e. The summed E-state index contributed by atoms with van der Waals surface area (Å²) in [4.78, 5) is 15.6. The van der Waals surface area contributed by atoms with Gasteiger partial charge in [0.1, 0.15) is 0 Å². The number of carboxylic acid groups (broad SMARTS) is 1. The fourth-order valence-corrected chi connectivity index (χ4v) is 3.50. The van der Waals surface area contributed by atoms with Gasteiger partial charge in [0, 0.05) is 11.9 Å². The summed E-state index contributed by atoms with van der Waals surface area (Å²) in [6, 6.07) is 10.1. The number of hydrogen-bond donors (Lipinski definition) is 1. The standard InChI is InChI=1S/C21H25NO3/c1-14-6-8-16(9-7-14)20-5-3-4-17(25-20)10-11-19-15(2)18(21(23)24)12-13-22-19/h6-9,12-13,17,20H,3-5,10-11H2,1-2H3,(H,23,24)/t17?,20-/m0/s1. The molecule has 25 heavy (non-hydrogen) atoms. The molecular weight excluding hydrogens is 314 g/mol. The van der Waals surface area contributed by atoms with Crippen molar-refractivity contribution in [3.8, 4) is 0 Å². The Labute approximate surface area is 148 Å². The van der Waals surface area contributed by atoms with Gasteiger partial charge in [0.05, 0.1) is 17.8 Å². The maximum absolute atomic E-state index is 11.3. The molecule has 2 heterocycles. The summed E-state index contributed by atoms with van der Waals surface area (Å²) < 4.78 is 6.31. The molecule has 1 fully saturated rings. The highest BCUT2D eigenvalue weighted by atomic mass is 16.5. The quantitative estimate of drug-likeness (QED) is 0.862. The number of aromatic carboxylic acids is 1. The molecule has 0 saturated carbocycles. The Morgan fingerprint density at radius 2 is 1.96 bits per heavy atom. The molecule has 1 aromatic carbocycles. The minimum atomic E-state index is -0.894. The highest BCUT2D eigenvalue weighted by molar-refractivity contribution is 5.89. The fraction of sp³-hybridized carbons (Fsp3) is 0.429. The first-order valence-electron chi connectivity index (χ1n) is 8.94. The third-order valence-electron chi connectivity index (χ3n) is 5.04. The van der Waals surface area contributed by atoms with Crippen LogP contribution < -0.4 is 0 Å². The van der Waals surface area contributed by atoms with Gasteiger partial charge in [-0.05, 0) is 63.1 Å². The molecule has 3 rings (SSSR count). The van der Waals surface area contributed by atoms with Crippen molar-refractivity contribution >= 4 is 5.97 Å². The van der Waals surface area contributed by atoms with Crippen LogP contribution in [0.15, 0.2) is 36.5 Å². The highest BCUT2D eigenvalue weighted by Gasteiger charge is 2.24. The number of pyridine rings is 1. The predicted molar refractivity (Wildman–Crippen MR) is 96.9 cm³/mol. The highest BCUT2D eigenvalue weighted by Crippen LogP contribution is 2.33. The molecule has 2 atom stereocenters. The number of nitrogens with zero attached hydrogens (tertiary/aromatic N) is 1. The molecule has 1 aliphatic rings. The zero-order valence-electron chi connectivity index (χ0n) is 14.9. The van der Waals surface area contributed by atoms with Gasteiger partial charge in [-0.15, -0.1) is 0 Å². The monoisotopic (exact) mass is 339 g/mol. The van der Waals surface area contributed by atoms with E-state index < -0.39 is 5.97 Å². The summed E-state index contributed by atoms with van der Waals surface area (Å²) in [6.07, 6.45) is 6.85. The topological polar surface area (TPSA) is 59.4 Å². The first-order chi connectivity index (χ1) is 12.0. The zero-order chi connectivity index (χ0) is 17.8. The van der Waals surface area contributed by atoms with E-state index in [0.717, 1.165) is 43.4 Å². The summed E-state index contributed by atoms with van der Waals surface area (Å²) >= 11 is 0. The second-order valence-electron chi connectivity index (χ2n) is 6.86. The summed E-state index contributed by atoms with van der Waals surface area (Å²) in [6.45, 7) is 3.93. The molecule has 0 amide bonds. The SMILES string of the molecule is Cc1ccc([C@@H]2CCCC(CCc3nccc(C(=O)O)c3C)O2)cc1. The minimum Gasteiger partial charge on any atom is -0.478 e. The van der Waals surface area contributed by atoms with Crippen LogP contribution in [0.2, 0.25) is 0 Å². The van der Waals surface area contributed by atoms with Crippen molar-refractivity contribution in [1.82, 2.24) is 4.98 Å². The zero-order valence-corrected chi connectivity index (χ0v) is 14.9. The van der Waals surface area contributed by atoms with Gasteiger partial charge in [0.2, 0.25) is 0 Å². The van der Waals surface area contributed by atoms with E-state index in [4.69, 9.17) is 4.74 Å². The average Bonchev–Trinajstić information content (AvgIpc) is 2.61. The van der Waals surface area contributed by atoms with Gasteiger partial charge in [-0.1, -0.05) is 29.8 Å². The van der Waals surface area contributed by atoms with E-state index in [9.17, 15) is 9.90 Å². The number of carbonyl (C=O) groups is 1. The Bertz CT molecular complexity index is 739. The third kappa shape index (κ3) is 4.26. The number of rotatable bonds is 5. The maximum atomic E-state index is 11.3. The molecule has 1 aliphatic heterocycles. The van der Waals surface area contributed by atoms with Crippen LogP contribution >= 0.6 is 0 Å². The lowest BCUT2D eigenvalue weighted by atomic mass is 9.95. The van der Waals surface area contributed by atoms with Crippen molar-refractivity contribution in [3.05, 3.63) is 64.5 Å². The molecule has 4 heteroatoms. The van der Waals surface area contributed by atoms with Crippen molar-refractivity contribution in [2.24, 2.45) is 0 Å². The van der Waals surface area contributed by atoms with Crippen LogP contribution in [-0.2, 0) is 11.2 Å². The molecule has 0 bridgehead atoms. The van der Waals surface area contributed by atoms with E-state index in [1.54, 1.807) is 12.3 Å². The van der Waals surface area contributed by atoms with E-state index in [1.165, 1.54) is 11.1 Å². The molecule has 1 N–H and O–H groups in total. The number of ether oxygens (including phenoxy) is 1. The molecule has 132 valence electrons. The number of hydrogen-bond acceptors (Lipinski definition) is 3. The number of carboxylic acids is 1. The summed E-state index contributed by atoms with van der Waals surface area (Å²) in [5.74, 6) is -0.894. The summed E-state index contributed by atoms with van der Waals surface area (Å²) in [5, 5.41) is 9.23. The van der Waals surface area contributed by atoms with Crippen LogP contribution in [0.25, 0.3) is 0 Å². The number of benzene rings is 1. The van der Waals surface area contributed by atoms with Crippen LogP contribution in [-0.4, -0.2) is 22.2 Å². The summed E-state index contributed by atoms with van der Waals surface area (Å²) in [7, 11) is 0. The Balaban J connectivity index is 1.63. The number of aryl methyl sites for hydroxylation is 2. The molecule has 0 spiro atoms. The summed E-state index contributed by atoms with van der Waals surface area (Å²) in [5.41, 5.74) is 4.47. The van der Waals surface area contributed by atoms with Crippen molar-refractivity contribution < 1.29 is 14.6 Å². The van der Waals surface area contributed by atoms with Gasteiger partial charge in [0.15, 0.2) is 0 Å². The van der Waals surface area contributed by atoms with Crippen molar-refractivity contribution in [2.75, 3.05) is 0 Å². The fourth-order valence-electron chi connectivity index (χ4n) is 3.50. The first kappa shape index (κ1) is 17.6. The predicted octanol–water partition coefficient (Wildman–Crippen LogP) is 4.64. The first-order valence-corrected chi connectivity index (χ1v) is 8.94. The lowest BCUT2D eigenvalue weighted by Crippen LogP contribution is -2.23. The van der Waals surface area contributed by atoms with E-state index in [-0.39, 0.29) is 12.2 Å². The molecule has 0 aliphatic carbocycles. The van der Waals surface area contributed by atoms with Crippen LogP contribution in [0.5, 0.6) is 0 Å². The largest absolute Gasteiger partial charge is 0.478 e. The third-order valence-corrected chi connectivity index (χ3v) is 5.04. The molecule has 4 nitrogen and oxygen atoms in total. The lowest BCUT2D eigenvalue weighted by molar-refractivity contribution is -0.0547. The molecular formula is C21H25NO3. The van der Waals surface area contributed by atoms with Gasteiger partial charge < -0.3 is 9.84 Å². The van der Waals surface area contributed by atoms with Gasteiger partial charge in [-0.2, -0.15) is 0 Å². The number of aromatic nitrogens is 1. The van der Waals surface area contributed by atoms with Crippen LogP contribution in [0.1, 0.15) is 64.5 Å². The Morgan fingerprint density at radius 1 is 1.20 bits per heavy atom. The van der Waals surface area contributed by atoms with E-state index in [0.29, 0.717) is 5.56 Å². The second kappa shape index (κ2) is 7.79. The molecule has 1 unspecified atom stereocenters.